The van der Waals surface area contributed by atoms with Gasteiger partial charge in [-0.1, -0.05) is 0 Å². The second-order valence-electron chi connectivity index (χ2n) is 3.50. The summed E-state index contributed by atoms with van der Waals surface area (Å²) in [5.41, 5.74) is 0.314. The third-order valence-corrected chi connectivity index (χ3v) is 2.37. The standard InChI is InChI=1S/C12H17NO4/c1-13-7-10(14)12(15)9-6-8(16-2)4-5-11(9)17-3/h4-6,10,13-14H,7H2,1-3H3. The lowest BCUT2D eigenvalue weighted by Gasteiger charge is -2.13. The number of aliphatic hydroxyl groups is 1. The number of hydrogen-bond acceptors (Lipinski definition) is 5. The Hall–Kier alpha value is -1.59. The third kappa shape index (κ3) is 3.18. The fourth-order valence-corrected chi connectivity index (χ4v) is 1.47. The summed E-state index contributed by atoms with van der Waals surface area (Å²) in [6.45, 7) is 0.194. The van der Waals surface area contributed by atoms with Gasteiger partial charge in [-0.25, -0.2) is 0 Å². The Balaban J connectivity index is 3.05. The number of aliphatic hydroxyl groups excluding tert-OH is 1. The lowest BCUT2D eigenvalue weighted by atomic mass is 10.0. The Morgan fingerprint density at radius 3 is 2.65 bits per heavy atom. The van der Waals surface area contributed by atoms with Crippen molar-refractivity contribution in [2.75, 3.05) is 27.8 Å². The molecular formula is C12H17NO4. The molecule has 2 N–H and O–H groups in total. The van der Waals surface area contributed by atoms with Gasteiger partial charge in [0.1, 0.15) is 17.6 Å². The Morgan fingerprint density at radius 2 is 2.12 bits per heavy atom. The van der Waals surface area contributed by atoms with E-state index in [4.69, 9.17) is 9.47 Å². The number of rotatable bonds is 6. The van der Waals surface area contributed by atoms with Crippen molar-refractivity contribution in [3.05, 3.63) is 23.8 Å². The first-order valence-electron chi connectivity index (χ1n) is 5.23. The number of methoxy groups -OCH3 is 2. The molecule has 0 aliphatic carbocycles. The van der Waals surface area contributed by atoms with E-state index in [0.717, 1.165) is 0 Å². The van der Waals surface area contributed by atoms with E-state index in [1.54, 1.807) is 25.2 Å². The van der Waals surface area contributed by atoms with Gasteiger partial charge in [-0.2, -0.15) is 0 Å². The van der Waals surface area contributed by atoms with Crippen LogP contribution in [0.25, 0.3) is 0 Å². The first-order chi connectivity index (χ1) is 8.13. The molecule has 0 bridgehead atoms. The Kier molecular flexibility index (Phi) is 4.93. The maximum absolute atomic E-state index is 12.0. The van der Waals surface area contributed by atoms with Crippen LogP contribution in [-0.2, 0) is 0 Å². The van der Waals surface area contributed by atoms with Gasteiger partial charge in [-0.15, -0.1) is 0 Å². The molecule has 1 unspecified atom stereocenters. The van der Waals surface area contributed by atoms with Gasteiger partial charge in [0.15, 0.2) is 5.78 Å². The molecule has 0 aliphatic heterocycles. The number of ether oxygens (including phenoxy) is 2. The molecule has 1 rings (SSSR count). The number of carbonyl (C=O) groups is 1. The zero-order valence-corrected chi connectivity index (χ0v) is 10.2. The van der Waals surface area contributed by atoms with Crippen LogP contribution in [0.5, 0.6) is 11.5 Å². The van der Waals surface area contributed by atoms with E-state index < -0.39 is 11.9 Å². The third-order valence-electron chi connectivity index (χ3n) is 2.37. The molecule has 0 amide bonds. The number of nitrogens with one attached hydrogen (secondary N) is 1. The first kappa shape index (κ1) is 13.5. The topological polar surface area (TPSA) is 67.8 Å². The summed E-state index contributed by atoms with van der Waals surface area (Å²) in [7, 11) is 4.66. The number of benzene rings is 1. The highest BCUT2D eigenvalue weighted by Crippen LogP contribution is 2.25. The van der Waals surface area contributed by atoms with Crippen molar-refractivity contribution in [1.82, 2.24) is 5.32 Å². The van der Waals surface area contributed by atoms with Crippen molar-refractivity contribution in [1.29, 1.82) is 0 Å². The molecule has 0 spiro atoms. The van der Waals surface area contributed by atoms with Crippen molar-refractivity contribution in [2.24, 2.45) is 0 Å². The monoisotopic (exact) mass is 239 g/mol. The number of ketones is 1. The SMILES string of the molecule is CNCC(O)C(=O)c1cc(OC)ccc1OC. The zero-order chi connectivity index (χ0) is 12.8. The first-order valence-corrected chi connectivity index (χ1v) is 5.23. The zero-order valence-electron chi connectivity index (χ0n) is 10.2. The molecule has 0 saturated carbocycles. The summed E-state index contributed by atoms with van der Waals surface area (Å²) >= 11 is 0. The van der Waals surface area contributed by atoms with Crippen LogP contribution in [0.4, 0.5) is 0 Å². The van der Waals surface area contributed by atoms with Gasteiger partial charge >= 0.3 is 0 Å². The van der Waals surface area contributed by atoms with E-state index in [0.29, 0.717) is 17.1 Å². The van der Waals surface area contributed by atoms with E-state index in [-0.39, 0.29) is 6.54 Å². The number of likely N-dealkylation sites (N-methyl/N-ethyl adjacent to an activating group) is 1. The maximum Gasteiger partial charge on any atom is 0.196 e. The summed E-state index contributed by atoms with van der Waals surface area (Å²) in [5, 5.41) is 12.4. The van der Waals surface area contributed by atoms with Gasteiger partial charge in [0.2, 0.25) is 0 Å². The largest absolute Gasteiger partial charge is 0.497 e. The fourth-order valence-electron chi connectivity index (χ4n) is 1.47. The normalized spacial score (nSPS) is 12.0. The molecule has 0 heterocycles. The molecule has 1 aromatic carbocycles. The molecule has 0 radical (unpaired) electrons. The number of carbonyl (C=O) groups excluding carboxylic acids is 1. The highest BCUT2D eigenvalue weighted by Gasteiger charge is 2.20. The van der Waals surface area contributed by atoms with Gasteiger partial charge in [0.25, 0.3) is 0 Å². The summed E-state index contributed by atoms with van der Waals surface area (Å²) < 4.78 is 10.1. The molecule has 1 atom stereocenters. The van der Waals surface area contributed by atoms with Crippen molar-refractivity contribution >= 4 is 5.78 Å². The van der Waals surface area contributed by atoms with E-state index in [1.807, 2.05) is 0 Å². The molecule has 5 heteroatoms. The fraction of sp³-hybridized carbons (Fsp3) is 0.417. The number of hydrogen-bond donors (Lipinski definition) is 2. The lowest BCUT2D eigenvalue weighted by molar-refractivity contribution is 0.0747. The van der Waals surface area contributed by atoms with Crippen molar-refractivity contribution in [3.63, 3.8) is 0 Å². The molecule has 94 valence electrons. The molecule has 0 aliphatic rings. The van der Waals surface area contributed by atoms with Gasteiger partial charge in [-0.3, -0.25) is 4.79 Å². The van der Waals surface area contributed by atoms with Crippen LogP contribution >= 0.6 is 0 Å². The van der Waals surface area contributed by atoms with Crippen LogP contribution in [0.1, 0.15) is 10.4 Å². The van der Waals surface area contributed by atoms with Crippen LogP contribution in [-0.4, -0.2) is 44.8 Å². The average Bonchev–Trinajstić information content (AvgIpc) is 2.37. The summed E-state index contributed by atoms with van der Waals surface area (Å²) in [6, 6.07) is 4.89. The quantitative estimate of drug-likeness (QED) is 0.706. The average molecular weight is 239 g/mol. The van der Waals surface area contributed by atoms with Gasteiger partial charge < -0.3 is 19.9 Å². The van der Waals surface area contributed by atoms with Crippen LogP contribution in [0.2, 0.25) is 0 Å². The predicted octanol–water partition coefficient (Wildman–Crippen LogP) is 0.467. The lowest BCUT2D eigenvalue weighted by Crippen LogP contribution is -2.31. The van der Waals surface area contributed by atoms with Crippen LogP contribution in [0.3, 0.4) is 0 Å². The van der Waals surface area contributed by atoms with Crippen molar-refractivity contribution < 1.29 is 19.4 Å². The smallest absolute Gasteiger partial charge is 0.196 e. The summed E-state index contributed by atoms with van der Waals surface area (Å²) in [4.78, 5) is 12.0. The van der Waals surface area contributed by atoms with Crippen molar-refractivity contribution in [2.45, 2.75) is 6.10 Å². The second kappa shape index (κ2) is 6.22. The molecule has 0 fully saturated rings. The summed E-state index contributed by atoms with van der Waals surface area (Å²) in [5.74, 6) is 0.576. The van der Waals surface area contributed by atoms with Crippen molar-refractivity contribution in [3.8, 4) is 11.5 Å². The molecule has 17 heavy (non-hydrogen) atoms. The maximum atomic E-state index is 12.0. The summed E-state index contributed by atoms with van der Waals surface area (Å²) in [6.07, 6.45) is -1.10. The Bertz CT molecular complexity index is 392. The minimum Gasteiger partial charge on any atom is -0.497 e. The van der Waals surface area contributed by atoms with Crippen LogP contribution in [0, 0.1) is 0 Å². The number of Topliss-reactive ketones (excluding diaryl/α,β-unsaturated/α-hetero) is 1. The van der Waals surface area contributed by atoms with E-state index in [2.05, 4.69) is 5.32 Å². The Morgan fingerprint density at radius 1 is 1.41 bits per heavy atom. The van der Waals surface area contributed by atoms with Gasteiger partial charge in [0.05, 0.1) is 19.8 Å². The molecular weight excluding hydrogens is 222 g/mol. The molecule has 1 aromatic rings. The van der Waals surface area contributed by atoms with Gasteiger partial charge in [0, 0.05) is 6.54 Å². The molecule has 5 nitrogen and oxygen atoms in total. The van der Waals surface area contributed by atoms with E-state index >= 15 is 0 Å². The van der Waals surface area contributed by atoms with Gasteiger partial charge in [-0.05, 0) is 25.2 Å². The predicted molar refractivity (Wildman–Crippen MR) is 63.8 cm³/mol. The van der Waals surface area contributed by atoms with Crippen LogP contribution < -0.4 is 14.8 Å². The van der Waals surface area contributed by atoms with E-state index in [1.165, 1.54) is 14.2 Å². The highest BCUT2D eigenvalue weighted by atomic mass is 16.5. The minimum absolute atomic E-state index is 0.194. The minimum atomic E-state index is -1.10. The Labute approximate surface area is 100 Å². The second-order valence-corrected chi connectivity index (χ2v) is 3.50. The highest BCUT2D eigenvalue weighted by molar-refractivity contribution is 6.02. The van der Waals surface area contributed by atoms with E-state index in [9.17, 15) is 9.90 Å². The van der Waals surface area contributed by atoms with Crippen LogP contribution in [0.15, 0.2) is 18.2 Å². The molecule has 0 aromatic heterocycles. The molecule has 0 saturated heterocycles.